The second kappa shape index (κ2) is 6.78. The molecule has 0 radical (unpaired) electrons. The fourth-order valence-electron chi connectivity index (χ4n) is 4.03. The van der Waals surface area contributed by atoms with E-state index in [1.807, 2.05) is 31.2 Å². The maximum atomic E-state index is 12.7. The summed E-state index contributed by atoms with van der Waals surface area (Å²) in [5, 5.41) is 12.5. The van der Waals surface area contributed by atoms with E-state index >= 15 is 0 Å². The molecule has 2 N–H and O–H groups in total. The molecule has 1 amide bonds. The molecule has 134 valence electrons. The van der Waals surface area contributed by atoms with Gasteiger partial charge < -0.3 is 19.9 Å². The normalized spacial score (nSPS) is 27.8. The van der Waals surface area contributed by atoms with Crippen molar-refractivity contribution >= 4 is 11.9 Å². The van der Waals surface area contributed by atoms with Crippen LogP contribution >= 0.6 is 0 Å². The number of carbonyl (C=O) groups is 2. The van der Waals surface area contributed by atoms with Gasteiger partial charge in [-0.3, -0.25) is 9.59 Å². The lowest BCUT2D eigenvalue weighted by atomic mass is 9.82. The number of carbonyl (C=O) groups excluding carboxylic acids is 1. The van der Waals surface area contributed by atoms with Crippen molar-refractivity contribution in [1.29, 1.82) is 0 Å². The summed E-state index contributed by atoms with van der Waals surface area (Å²) < 4.78 is 10.5. The first-order valence-corrected chi connectivity index (χ1v) is 8.39. The third-order valence-electron chi connectivity index (χ3n) is 5.31. The van der Waals surface area contributed by atoms with Gasteiger partial charge in [0.2, 0.25) is 5.91 Å². The van der Waals surface area contributed by atoms with E-state index in [0.29, 0.717) is 11.5 Å². The van der Waals surface area contributed by atoms with Gasteiger partial charge in [0.25, 0.3) is 0 Å². The van der Waals surface area contributed by atoms with Crippen LogP contribution in [0.15, 0.2) is 30.4 Å². The minimum absolute atomic E-state index is 0.0173. The first-order chi connectivity index (χ1) is 12.0. The van der Waals surface area contributed by atoms with Crippen molar-refractivity contribution in [2.24, 2.45) is 23.7 Å². The largest absolute Gasteiger partial charge is 0.493 e. The van der Waals surface area contributed by atoms with Crippen LogP contribution in [0.25, 0.3) is 0 Å². The lowest BCUT2D eigenvalue weighted by molar-refractivity contribution is -0.148. The summed E-state index contributed by atoms with van der Waals surface area (Å²) >= 11 is 0. The molecule has 1 aromatic rings. The van der Waals surface area contributed by atoms with Crippen LogP contribution in [0.1, 0.15) is 24.9 Å². The number of hydrogen-bond donors (Lipinski definition) is 2. The molecule has 1 saturated carbocycles. The zero-order valence-electron chi connectivity index (χ0n) is 14.6. The molecule has 3 rings (SSSR count). The minimum atomic E-state index is -0.893. The van der Waals surface area contributed by atoms with Crippen LogP contribution in [-0.4, -0.2) is 31.2 Å². The van der Waals surface area contributed by atoms with E-state index in [0.717, 1.165) is 12.0 Å². The maximum absolute atomic E-state index is 12.7. The van der Waals surface area contributed by atoms with Crippen molar-refractivity contribution in [3.05, 3.63) is 35.9 Å². The van der Waals surface area contributed by atoms with Gasteiger partial charge in [0.05, 0.1) is 32.1 Å². The van der Waals surface area contributed by atoms with E-state index in [2.05, 4.69) is 5.32 Å². The van der Waals surface area contributed by atoms with Crippen molar-refractivity contribution < 1.29 is 24.2 Å². The Morgan fingerprint density at radius 2 is 1.76 bits per heavy atom. The average molecular weight is 345 g/mol. The molecule has 0 spiro atoms. The topological polar surface area (TPSA) is 84.9 Å². The lowest BCUT2D eigenvalue weighted by Crippen LogP contribution is -2.41. The molecule has 1 fully saturated rings. The van der Waals surface area contributed by atoms with E-state index < -0.39 is 17.8 Å². The second-order valence-electron chi connectivity index (χ2n) is 6.68. The quantitative estimate of drug-likeness (QED) is 0.774. The molecule has 0 unspecified atom stereocenters. The van der Waals surface area contributed by atoms with Crippen LogP contribution in [0.5, 0.6) is 11.5 Å². The van der Waals surface area contributed by atoms with Crippen LogP contribution in [0.2, 0.25) is 0 Å². The van der Waals surface area contributed by atoms with Crippen LogP contribution < -0.4 is 14.8 Å². The van der Waals surface area contributed by atoms with E-state index in [9.17, 15) is 14.7 Å². The zero-order chi connectivity index (χ0) is 18.1. The Bertz CT molecular complexity index is 714. The van der Waals surface area contributed by atoms with Crippen molar-refractivity contribution in [3.63, 3.8) is 0 Å². The summed E-state index contributed by atoms with van der Waals surface area (Å²) in [5.41, 5.74) is 0.872. The molecule has 2 aliphatic carbocycles. The summed E-state index contributed by atoms with van der Waals surface area (Å²) in [6.45, 7) is 1.87. The molecule has 5 atom stereocenters. The molecule has 6 nitrogen and oxygen atoms in total. The number of hydrogen-bond acceptors (Lipinski definition) is 4. The molecule has 0 saturated heterocycles. The highest BCUT2D eigenvalue weighted by Gasteiger charge is 2.51. The van der Waals surface area contributed by atoms with E-state index in [1.54, 1.807) is 20.3 Å². The molecule has 2 aliphatic rings. The van der Waals surface area contributed by atoms with E-state index in [1.165, 1.54) is 0 Å². The molecule has 1 aromatic carbocycles. The fraction of sp³-hybridized carbons (Fsp3) is 0.474. The van der Waals surface area contributed by atoms with E-state index in [4.69, 9.17) is 9.47 Å². The summed E-state index contributed by atoms with van der Waals surface area (Å²) in [7, 11) is 3.13. The van der Waals surface area contributed by atoms with Gasteiger partial charge in [-0.05, 0) is 42.9 Å². The van der Waals surface area contributed by atoms with Gasteiger partial charge in [-0.2, -0.15) is 0 Å². The van der Waals surface area contributed by atoms with Crippen molar-refractivity contribution in [1.82, 2.24) is 5.32 Å². The fourth-order valence-corrected chi connectivity index (χ4v) is 4.03. The van der Waals surface area contributed by atoms with Gasteiger partial charge in [0.15, 0.2) is 11.5 Å². The summed E-state index contributed by atoms with van der Waals surface area (Å²) in [6.07, 6.45) is 4.67. The number of aliphatic carboxylic acids is 1. The lowest BCUT2D eigenvalue weighted by Gasteiger charge is -2.26. The molecule has 6 heteroatoms. The van der Waals surface area contributed by atoms with Crippen molar-refractivity contribution in [3.8, 4) is 11.5 Å². The van der Waals surface area contributed by atoms with Crippen LogP contribution in [0.4, 0.5) is 0 Å². The number of carboxylic acids is 1. The average Bonchev–Trinajstić information content (AvgIpc) is 3.22. The van der Waals surface area contributed by atoms with Crippen molar-refractivity contribution in [2.45, 2.75) is 19.4 Å². The van der Waals surface area contributed by atoms with Gasteiger partial charge in [-0.1, -0.05) is 18.2 Å². The second-order valence-corrected chi connectivity index (χ2v) is 6.68. The number of benzene rings is 1. The van der Waals surface area contributed by atoms with Gasteiger partial charge in [-0.25, -0.2) is 0 Å². The Hall–Kier alpha value is -2.50. The summed E-state index contributed by atoms with van der Waals surface area (Å²) in [5.74, 6) is -1.04. The molecule has 25 heavy (non-hydrogen) atoms. The number of ether oxygens (including phenoxy) is 2. The Balaban J connectivity index is 1.74. The Labute approximate surface area is 146 Å². The summed E-state index contributed by atoms with van der Waals surface area (Å²) in [6, 6.07) is 5.21. The Morgan fingerprint density at radius 3 is 2.36 bits per heavy atom. The molecule has 0 aromatic heterocycles. The number of fused-ring (bicyclic) bond motifs is 2. The predicted molar refractivity (Wildman–Crippen MR) is 91.5 cm³/mol. The number of carboxylic acid groups (broad SMARTS) is 1. The van der Waals surface area contributed by atoms with Gasteiger partial charge in [-0.15, -0.1) is 0 Å². The van der Waals surface area contributed by atoms with Gasteiger partial charge in [0.1, 0.15) is 0 Å². The number of methoxy groups -OCH3 is 2. The number of allylic oxidation sites excluding steroid dienone is 2. The minimum Gasteiger partial charge on any atom is -0.493 e. The SMILES string of the molecule is COc1ccc([C@H](C)NC(=O)[C@H]2[C@@H](C(=O)O)[C@H]3C=C[C@H]2C3)cc1OC. The van der Waals surface area contributed by atoms with Gasteiger partial charge >= 0.3 is 5.97 Å². The highest BCUT2D eigenvalue weighted by atomic mass is 16.5. The standard InChI is InChI=1S/C19H23NO5/c1-10(11-6-7-14(24-2)15(9-11)25-3)20-18(21)16-12-4-5-13(8-12)17(16)19(22)23/h4-7,9-10,12-13,16-17H,8H2,1-3H3,(H,20,21)(H,22,23)/t10-,12-,13-,16+,17-/m0/s1. The third kappa shape index (κ3) is 3.08. The summed E-state index contributed by atoms with van der Waals surface area (Å²) in [4.78, 5) is 24.3. The third-order valence-corrected chi connectivity index (χ3v) is 5.31. The first kappa shape index (κ1) is 17.3. The number of rotatable bonds is 6. The van der Waals surface area contributed by atoms with Crippen LogP contribution in [-0.2, 0) is 9.59 Å². The zero-order valence-corrected chi connectivity index (χ0v) is 14.6. The smallest absolute Gasteiger partial charge is 0.307 e. The Kier molecular flexibility index (Phi) is 4.70. The first-order valence-electron chi connectivity index (χ1n) is 8.39. The van der Waals surface area contributed by atoms with Gasteiger partial charge in [0, 0.05) is 0 Å². The molecular weight excluding hydrogens is 322 g/mol. The molecule has 0 aliphatic heterocycles. The molecular formula is C19H23NO5. The predicted octanol–water partition coefficient (Wildman–Crippen LogP) is 2.40. The Morgan fingerprint density at radius 1 is 1.12 bits per heavy atom. The maximum Gasteiger partial charge on any atom is 0.307 e. The molecule has 2 bridgehead atoms. The number of nitrogens with one attached hydrogen (secondary N) is 1. The van der Waals surface area contributed by atoms with E-state index in [-0.39, 0.29) is 23.8 Å². The van der Waals surface area contributed by atoms with Crippen molar-refractivity contribution in [2.75, 3.05) is 14.2 Å². The molecule has 0 heterocycles. The number of amides is 1. The van der Waals surface area contributed by atoms with Crippen LogP contribution in [0.3, 0.4) is 0 Å². The highest BCUT2D eigenvalue weighted by molar-refractivity contribution is 5.87. The monoisotopic (exact) mass is 345 g/mol. The van der Waals surface area contributed by atoms with Crippen LogP contribution in [0, 0.1) is 23.7 Å². The highest BCUT2D eigenvalue weighted by Crippen LogP contribution is 2.48.